The summed E-state index contributed by atoms with van der Waals surface area (Å²) >= 11 is 0. The summed E-state index contributed by atoms with van der Waals surface area (Å²) in [7, 11) is 1.90. The van der Waals surface area contributed by atoms with Crippen molar-refractivity contribution in [2.75, 3.05) is 0 Å². The van der Waals surface area contributed by atoms with E-state index in [9.17, 15) is 9.90 Å². The summed E-state index contributed by atoms with van der Waals surface area (Å²) in [6.45, 7) is 1.95. The second-order valence-electron chi connectivity index (χ2n) is 5.93. The van der Waals surface area contributed by atoms with Crippen molar-refractivity contribution in [3.63, 3.8) is 0 Å². The zero-order valence-electron chi connectivity index (χ0n) is 12.0. The molecule has 0 saturated heterocycles. The van der Waals surface area contributed by atoms with Crippen LogP contribution in [-0.4, -0.2) is 20.9 Å². The molecule has 0 atom stereocenters. The number of hydrogen-bond acceptors (Lipinski definition) is 2. The van der Waals surface area contributed by atoms with Crippen LogP contribution < -0.4 is 0 Å². The van der Waals surface area contributed by atoms with Crippen LogP contribution in [0.25, 0.3) is 0 Å². The Morgan fingerprint density at radius 2 is 1.89 bits per heavy atom. The first-order chi connectivity index (χ1) is 9.03. The maximum Gasteiger partial charge on any atom is 0.310 e. The second kappa shape index (κ2) is 5.76. The van der Waals surface area contributed by atoms with Crippen molar-refractivity contribution in [3.05, 3.63) is 17.5 Å². The first-order valence-electron chi connectivity index (χ1n) is 7.26. The molecule has 19 heavy (non-hydrogen) atoms. The molecule has 4 heteroatoms. The molecular formula is C15H24N2O2. The molecule has 1 aromatic rings. The van der Waals surface area contributed by atoms with Gasteiger partial charge in [-0.15, -0.1) is 0 Å². The lowest BCUT2D eigenvalue weighted by atomic mass is 9.73. The van der Waals surface area contributed by atoms with Crippen molar-refractivity contribution in [2.24, 2.45) is 12.5 Å². The number of rotatable bonds is 3. The Labute approximate surface area is 114 Å². The van der Waals surface area contributed by atoms with Gasteiger partial charge in [0.05, 0.1) is 11.1 Å². The normalized spacial score (nSPS) is 19.7. The number of carbonyl (C=O) groups is 1. The van der Waals surface area contributed by atoms with Gasteiger partial charge < -0.3 is 5.11 Å². The number of aryl methyl sites for hydroxylation is 2. The summed E-state index contributed by atoms with van der Waals surface area (Å²) in [5, 5.41) is 14.1. The third-order valence-electron chi connectivity index (χ3n) is 4.38. The topological polar surface area (TPSA) is 55.1 Å². The van der Waals surface area contributed by atoms with Crippen molar-refractivity contribution >= 4 is 5.97 Å². The van der Waals surface area contributed by atoms with Gasteiger partial charge in [0.2, 0.25) is 0 Å². The van der Waals surface area contributed by atoms with Crippen LogP contribution in [0.15, 0.2) is 6.07 Å². The molecule has 0 amide bonds. The van der Waals surface area contributed by atoms with Gasteiger partial charge >= 0.3 is 5.97 Å². The van der Waals surface area contributed by atoms with Gasteiger partial charge in [0, 0.05) is 19.2 Å². The zero-order chi connectivity index (χ0) is 13.9. The van der Waals surface area contributed by atoms with E-state index in [4.69, 9.17) is 0 Å². The van der Waals surface area contributed by atoms with E-state index in [0.29, 0.717) is 6.42 Å². The van der Waals surface area contributed by atoms with Gasteiger partial charge in [0.1, 0.15) is 0 Å². The van der Waals surface area contributed by atoms with E-state index in [-0.39, 0.29) is 0 Å². The third-order valence-corrected chi connectivity index (χ3v) is 4.38. The fourth-order valence-corrected chi connectivity index (χ4v) is 3.22. The summed E-state index contributed by atoms with van der Waals surface area (Å²) in [4.78, 5) is 11.8. The Morgan fingerprint density at radius 3 is 2.37 bits per heavy atom. The molecule has 0 bridgehead atoms. The second-order valence-corrected chi connectivity index (χ2v) is 5.93. The van der Waals surface area contributed by atoms with Crippen LogP contribution in [0.1, 0.15) is 56.3 Å². The van der Waals surface area contributed by atoms with Crippen molar-refractivity contribution in [1.29, 1.82) is 0 Å². The van der Waals surface area contributed by atoms with Gasteiger partial charge in [-0.3, -0.25) is 9.48 Å². The van der Waals surface area contributed by atoms with Gasteiger partial charge in [-0.2, -0.15) is 5.10 Å². The van der Waals surface area contributed by atoms with Crippen LogP contribution >= 0.6 is 0 Å². The highest BCUT2D eigenvalue weighted by Crippen LogP contribution is 2.37. The molecule has 1 N–H and O–H groups in total. The Kier molecular flexibility index (Phi) is 4.27. The molecule has 4 nitrogen and oxygen atoms in total. The lowest BCUT2D eigenvalue weighted by Crippen LogP contribution is -2.34. The monoisotopic (exact) mass is 264 g/mol. The molecule has 1 aliphatic carbocycles. The Balaban J connectivity index is 2.22. The van der Waals surface area contributed by atoms with Crippen LogP contribution in [0.3, 0.4) is 0 Å². The number of aliphatic carboxylic acids is 1. The fraction of sp³-hybridized carbons (Fsp3) is 0.733. The maximum atomic E-state index is 11.8. The molecule has 0 radical (unpaired) electrons. The molecule has 1 heterocycles. The fourth-order valence-electron chi connectivity index (χ4n) is 3.22. The molecule has 1 aliphatic rings. The quantitative estimate of drug-likeness (QED) is 0.912. The van der Waals surface area contributed by atoms with E-state index in [1.807, 2.05) is 24.7 Å². The van der Waals surface area contributed by atoms with E-state index in [1.165, 1.54) is 19.3 Å². The molecule has 0 aliphatic heterocycles. The number of aromatic nitrogens is 2. The van der Waals surface area contributed by atoms with E-state index in [2.05, 4.69) is 5.10 Å². The number of carboxylic acid groups (broad SMARTS) is 1. The van der Waals surface area contributed by atoms with E-state index < -0.39 is 11.4 Å². The van der Waals surface area contributed by atoms with Gasteiger partial charge in [-0.05, 0) is 25.8 Å². The van der Waals surface area contributed by atoms with Crippen molar-refractivity contribution in [1.82, 2.24) is 9.78 Å². The number of carboxylic acids is 1. The molecule has 2 rings (SSSR count). The van der Waals surface area contributed by atoms with E-state index in [0.717, 1.165) is 37.1 Å². The number of hydrogen-bond donors (Lipinski definition) is 1. The number of nitrogens with zero attached hydrogens (tertiary/aromatic N) is 2. The SMILES string of the molecule is Cc1cc(CC2(C(=O)O)CCCCCCC2)n(C)n1. The van der Waals surface area contributed by atoms with Crippen molar-refractivity contribution in [3.8, 4) is 0 Å². The molecule has 1 fully saturated rings. The van der Waals surface area contributed by atoms with Gasteiger partial charge in [0.25, 0.3) is 0 Å². The summed E-state index contributed by atoms with van der Waals surface area (Å²) < 4.78 is 1.83. The van der Waals surface area contributed by atoms with Crippen molar-refractivity contribution in [2.45, 2.75) is 58.3 Å². The van der Waals surface area contributed by atoms with Crippen LogP contribution in [0.4, 0.5) is 0 Å². The molecule has 0 aromatic carbocycles. The maximum absolute atomic E-state index is 11.8. The largest absolute Gasteiger partial charge is 0.481 e. The van der Waals surface area contributed by atoms with Gasteiger partial charge in [-0.25, -0.2) is 0 Å². The summed E-state index contributed by atoms with van der Waals surface area (Å²) in [6.07, 6.45) is 7.85. The standard InChI is InChI=1S/C15H24N2O2/c1-12-10-13(17(2)16-12)11-15(14(18)19)8-6-4-3-5-7-9-15/h10H,3-9,11H2,1-2H3,(H,18,19). The molecule has 0 spiro atoms. The lowest BCUT2D eigenvalue weighted by molar-refractivity contribution is -0.150. The Hall–Kier alpha value is -1.32. The van der Waals surface area contributed by atoms with Crippen LogP contribution in [-0.2, 0) is 18.3 Å². The summed E-state index contributed by atoms with van der Waals surface area (Å²) in [5.41, 5.74) is 1.42. The lowest BCUT2D eigenvalue weighted by Gasteiger charge is -2.31. The van der Waals surface area contributed by atoms with Crippen molar-refractivity contribution < 1.29 is 9.90 Å². The van der Waals surface area contributed by atoms with E-state index in [1.54, 1.807) is 0 Å². The third kappa shape index (κ3) is 3.17. The van der Waals surface area contributed by atoms with Crippen LogP contribution in [0.5, 0.6) is 0 Å². The average molecular weight is 264 g/mol. The average Bonchev–Trinajstić information content (AvgIpc) is 2.60. The Bertz CT molecular complexity index is 443. The zero-order valence-corrected chi connectivity index (χ0v) is 12.0. The summed E-state index contributed by atoms with van der Waals surface area (Å²) in [6, 6.07) is 2.02. The highest BCUT2D eigenvalue weighted by Gasteiger charge is 2.38. The minimum absolute atomic E-state index is 0.583. The summed E-state index contributed by atoms with van der Waals surface area (Å²) in [5.74, 6) is -0.631. The highest BCUT2D eigenvalue weighted by atomic mass is 16.4. The first kappa shape index (κ1) is 14.1. The predicted molar refractivity (Wildman–Crippen MR) is 74.0 cm³/mol. The molecule has 1 saturated carbocycles. The molecule has 106 valence electrons. The molecular weight excluding hydrogens is 240 g/mol. The highest BCUT2D eigenvalue weighted by molar-refractivity contribution is 5.75. The van der Waals surface area contributed by atoms with Crippen LogP contribution in [0, 0.1) is 12.3 Å². The van der Waals surface area contributed by atoms with Crippen LogP contribution in [0.2, 0.25) is 0 Å². The smallest absolute Gasteiger partial charge is 0.310 e. The Morgan fingerprint density at radius 1 is 1.32 bits per heavy atom. The van der Waals surface area contributed by atoms with Gasteiger partial charge in [0.15, 0.2) is 0 Å². The molecule has 1 aromatic heterocycles. The molecule has 0 unspecified atom stereocenters. The van der Waals surface area contributed by atoms with Gasteiger partial charge in [-0.1, -0.05) is 32.1 Å². The minimum Gasteiger partial charge on any atom is -0.481 e. The predicted octanol–water partition coefficient (Wildman–Crippen LogP) is 3.09. The first-order valence-corrected chi connectivity index (χ1v) is 7.26. The minimum atomic E-state index is -0.631. The van der Waals surface area contributed by atoms with E-state index >= 15 is 0 Å².